The Morgan fingerprint density at radius 2 is 1.84 bits per heavy atom. The van der Waals surface area contributed by atoms with Crippen LogP contribution in [0.2, 0.25) is 0 Å². The van der Waals surface area contributed by atoms with Crippen LogP contribution in [0.4, 0.5) is 5.69 Å². The maximum atomic E-state index is 11.1. The molecule has 0 aliphatic heterocycles. The lowest BCUT2D eigenvalue weighted by Crippen LogP contribution is -2.21. The van der Waals surface area contributed by atoms with Gasteiger partial charge < -0.3 is 15.8 Å². The van der Waals surface area contributed by atoms with Gasteiger partial charge in [0.15, 0.2) is 0 Å². The summed E-state index contributed by atoms with van der Waals surface area (Å²) in [6, 6.07) is 15.0. The van der Waals surface area contributed by atoms with Crippen molar-refractivity contribution < 1.29 is 9.53 Å². The van der Waals surface area contributed by atoms with Gasteiger partial charge in [-0.25, -0.2) is 0 Å². The third-order valence-corrected chi connectivity index (χ3v) is 2.64. The highest BCUT2D eigenvalue weighted by atomic mass is 16.5. The van der Waals surface area contributed by atoms with Gasteiger partial charge in [0, 0.05) is 5.69 Å². The Morgan fingerprint density at radius 1 is 1.16 bits per heavy atom. The SMILES string of the molecule is Cc1ccccc1Oc1ccc(NC(=O)CN)cc1. The normalized spacial score (nSPS) is 10.0. The number of rotatable bonds is 4. The number of para-hydroxylation sites is 1. The Labute approximate surface area is 112 Å². The van der Waals surface area contributed by atoms with Crippen LogP contribution in [-0.2, 0) is 4.79 Å². The Morgan fingerprint density at radius 3 is 2.47 bits per heavy atom. The topological polar surface area (TPSA) is 64.3 Å². The van der Waals surface area contributed by atoms with Crippen LogP contribution in [0.15, 0.2) is 48.5 Å². The average Bonchev–Trinajstić information content (AvgIpc) is 2.43. The van der Waals surface area contributed by atoms with Crippen LogP contribution < -0.4 is 15.8 Å². The molecule has 0 radical (unpaired) electrons. The molecule has 0 fully saturated rings. The van der Waals surface area contributed by atoms with Gasteiger partial charge in [0.1, 0.15) is 11.5 Å². The molecule has 0 spiro atoms. The molecule has 2 aromatic carbocycles. The first-order valence-corrected chi connectivity index (χ1v) is 6.02. The number of hydrogen-bond donors (Lipinski definition) is 2. The van der Waals surface area contributed by atoms with Gasteiger partial charge in [0.05, 0.1) is 6.54 Å². The zero-order valence-corrected chi connectivity index (χ0v) is 10.7. The van der Waals surface area contributed by atoms with E-state index in [-0.39, 0.29) is 12.5 Å². The lowest BCUT2D eigenvalue weighted by molar-refractivity contribution is -0.114. The second-order valence-corrected chi connectivity index (χ2v) is 4.14. The molecule has 4 nitrogen and oxygen atoms in total. The van der Waals surface area contributed by atoms with E-state index in [1.54, 1.807) is 24.3 Å². The van der Waals surface area contributed by atoms with E-state index in [4.69, 9.17) is 10.5 Å². The van der Waals surface area contributed by atoms with Gasteiger partial charge in [-0.15, -0.1) is 0 Å². The second kappa shape index (κ2) is 6.02. The summed E-state index contributed by atoms with van der Waals surface area (Å²) >= 11 is 0. The lowest BCUT2D eigenvalue weighted by Gasteiger charge is -2.09. The summed E-state index contributed by atoms with van der Waals surface area (Å²) in [5, 5.41) is 2.67. The van der Waals surface area contributed by atoms with Crippen molar-refractivity contribution >= 4 is 11.6 Å². The molecule has 0 aromatic heterocycles. The number of hydrogen-bond acceptors (Lipinski definition) is 3. The van der Waals surface area contributed by atoms with Crippen LogP contribution in [0.3, 0.4) is 0 Å². The molecular formula is C15H16N2O2. The minimum atomic E-state index is -0.215. The molecule has 0 saturated carbocycles. The summed E-state index contributed by atoms with van der Waals surface area (Å²) in [5.41, 5.74) is 7.01. The van der Waals surface area contributed by atoms with Crippen LogP contribution in [0.1, 0.15) is 5.56 Å². The molecule has 0 unspecified atom stereocenters. The summed E-state index contributed by atoms with van der Waals surface area (Å²) in [4.78, 5) is 11.1. The first-order chi connectivity index (χ1) is 9.19. The number of ether oxygens (including phenoxy) is 1. The third-order valence-electron chi connectivity index (χ3n) is 2.64. The lowest BCUT2D eigenvalue weighted by atomic mass is 10.2. The van der Waals surface area contributed by atoms with Crippen molar-refractivity contribution in [3.05, 3.63) is 54.1 Å². The minimum absolute atomic E-state index is 0.0263. The second-order valence-electron chi connectivity index (χ2n) is 4.14. The van der Waals surface area contributed by atoms with Gasteiger partial charge in [-0.1, -0.05) is 18.2 Å². The molecule has 3 N–H and O–H groups in total. The number of nitrogens with one attached hydrogen (secondary N) is 1. The standard InChI is InChI=1S/C15H16N2O2/c1-11-4-2-3-5-14(11)19-13-8-6-12(7-9-13)17-15(18)10-16/h2-9H,10,16H2,1H3,(H,17,18). The zero-order chi connectivity index (χ0) is 13.7. The van der Waals surface area contributed by atoms with Gasteiger partial charge in [0.25, 0.3) is 0 Å². The maximum absolute atomic E-state index is 11.1. The van der Waals surface area contributed by atoms with Crippen LogP contribution >= 0.6 is 0 Å². The number of benzene rings is 2. The molecule has 1 amide bonds. The summed E-state index contributed by atoms with van der Waals surface area (Å²) in [7, 11) is 0. The highest BCUT2D eigenvalue weighted by Gasteiger charge is 2.02. The molecule has 4 heteroatoms. The molecule has 0 heterocycles. The Balaban J connectivity index is 2.07. The Kier molecular flexibility index (Phi) is 4.15. The fourth-order valence-corrected chi connectivity index (χ4v) is 1.62. The largest absolute Gasteiger partial charge is 0.457 e. The number of carbonyl (C=O) groups excluding carboxylic acids is 1. The number of amides is 1. The fraction of sp³-hybridized carbons (Fsp3) is 0.133. The third kappa shape index (κ3) is 3.56. The van der Waals surface area contributed by atoms with E-state index in [1.165, 1.54) is 0 Å². The Bertz CT molecular complexity index is 565. The van der Waals surface area contributed by atoms with Crippen LogP contribution in [0, 0.1) is 6.92 Å². The van der Waals surface area contributed by atoms with Crippen molar-refractivity contribution in [3.63, 3.8) is 0 Å². The molecule has 2 rings (SSSR count). The van der Waals surface area contributed by atoms with E-state index < -0.39 is 0 Å². The van der Waals surface area contributed by atoms with Crippen molar-refractivity contribution in [2.45, 2.75) is 6.92 Å². The first kappa shape index (κ1) is 13.1. The summed E-state index contributed by atoms with van der Waals surface area (Å²) in [6.45, 7) is 1.96. The molecule has 0 aliphatic rings. The number of carbonyl (C=O) groups is 1. The smallest absolute Gasteiger partial charge is 0.238 e. The monoisotopic (exact) mass is 256 g/mol. The maximum Gasteiger partial charge on any atom is 0.238 e. The van der Waals surface area contributed by atoms with E-state index in [0.717, 1.165) is 17.1 Å². The minimum Gasteiger partial charge on any atom is -0.457 e. The van der Waals surface area contributed by atoms with Crippen molar-refractivity contribution in [2.75, 3.05) is 11.9 Å². The summed E-state index contributed by atoms with van der Waals surface area (Å²) in [5.74, 6) is 1.33. The van der Waals surface area contributed by atoms with Gasteiger partial charge in [-0.2, -0.15) is 0 Å². The highest BCUT2D eigenvalue weighted by molar-refractivity contribution is 5.92. The van der Waals surface area contributed by atoms with Gasteiger partial charge >= 0.3 is 0 Å². The predicted molar refractivity (Wildman–Crippen MR) is 75.4 cm³/mol. The average molecular weight is 256 g/mol. The zero-order valence-electron chi connectivity index (χ0n) is 10.7. The van der Waals surface area contributed by atoms with Crippen LogP contribution in [0.5, 0.6) is 11.5 Å². The summed E-state index contributed by atoms with van der Waals surface area (Å²) < 4.78 is 5.76. The van der Waals surface area contributed by atoms with E-state index in [9.17, 15) is 4.79 Å². The number of aryl methyl sites for hydroxylation is 1. The molecule has 98 valence electrons. The van der Waals surface area contributed by atoms with Crippen molar-refractivity contribution in [2.24, 2.45) is 5.73 Å². The summed E-state index contributed by atoms with van der Waals surface area (Å²) in [6.07, 6.45) is 0. The van der Waals surface area contributed by atoms with E-state index in [1.807, 2.05) is 31.2 Å². The van der Waals surface area contributed by atoms with Crippen molar-refractivity contribution in [1.82, 2.24) is 0 Å². The molecule has 0 atom stereocenters. The molecular weight excluding hydrogens is 240 g/mol. The van der Waals surface area contributed by atoms with Gasteiger partial charge in [0.2, 0.25) is 5.91 Å². The first-order valence-electron chi connectivity index (χ1n) is 6.02. The number of anilines is 1. The van der Waals surface area contributed by atoms with E-state index >= 15 is 0 Å². The van der Waals surface area contributed by atoms with Crippen LogP contribution in [0.25, 0.3) is 0 Å². The predicted octanol–water partition coefficient (Wildman–Crippen LogP) is 2.68. The molecule has 0 saturated heterocycles. The van der Waals surface area contributed by atoms with Crippen molar-refractivity contribution in [3.8, 4) is 11.5 Å². The molecule has 19 heavy (non-hydrogen) atoms. The number of nitrogens with two attached hydrogens (primary N) is 1. The van der Waals surface area contributed by atoms with Crippen molar-refractivity contribution in [1.29, 1.82) is 0 Å². The van der Waals surface area contributed by atoms with Gasteiger partial charge in [-0.05, 0) is 42.8 Å². The van der Waals surface area contributed by atoms with E-state index in [2.05, 4.69) is 5.32 Å². The van der Waals surface area contributed by atoms with Crippen LogP contribution in [-0.4, -0.2) is 12.5 Å². The molecule has 0 aliphatic carbocycles. The fourth-order valence-electron chi connectivity index (χ4n) is 1.62. The highest BCUT2D eigenvalue weighted by Crippen LogP contribution is 2.25. The van der Waals surface area contributed by atoms with Gasteiger partial charge in [-0.3, -0.25) is 4.79 Å². The van der Waals surface area contributed by atoms with E-state index in [0.29, 0.717) is 5.69 Å². The molecule has 0 bridgehead atoms. The Hall–Kier alpha value is -2.33. The molecule has 2 aromatic rings. The quantitative estimate of drug-likeness (QED) is 0.884.